The average Bonchev–Trinajstić information content (AvgIpc) is 2.95. The van der Waals surface area contributed by atoms with Gasteiger partial charge in [-0.3, -0.25) is 0 Å². The van der Waals surface area contributed by atoms with Crippen LogP contribution in [0.25, 0.3) is 83.1 Å². The Kier molecular flexibility index (Phi) is 12.2. The molecule has 1 atom stereocenters. The first-order valence-corrected chi connectivity index (χ1v) is 28.7. The average molecular weight is 1050 g/mol. The van der Waals surface area contributed by atoms with Gasteiger partial charge in [0.15, 0.2) is 0 Å². The predicted octanol–water partition coefficient (Wildman–Crippen LogP) is 21.1. The van der Waals surface area contributed by atoms with Gasteiger partial charge in [-0.1, -0.05) is 262 Å². The van der Waals surface area contributed by atoms with E-state index >= 15 is 0 Å². The molecule has 1 aromatic heterocycles. The van der Waals surface area contributed by atoms with Crippen LogP contribution in [0.15, 0.2) is 315 Å². The molecule has 2 heteroatoms. The van der Waals surface area contributed by atoms with Crippen LogP contribution in [0.3, 0.4) is 0 Å². The summed E-state index contributed by atoms with van der Waals surface area (Å²) in [6, 6.07) is 112. The van der Waals surface area contributed by atoms with Crippen molar-refractivity contribution in [3.05, 3.63) is 349 Å². The van der Waals surface area contributed by atoms with Crippen LogP contribution in [0, 0.1) is 5.92 Å². The molecule has 1 heterocycles. The molecular formula is C80H58N2. The summed E-state index contributed by atoms with van der Waals surface area (Å²) < 4.78 is 2.41. The smallest absolute Gasteiger partial charge is 0.0713 e. The van der Waals surface area contributed by atoms with Gasteiger partial charge in [0.05, 0.1) is 22.1 Å². The van der Waals surface area contributed by atoms with Crippen molar-refractivity contribution < 1.29 is 0 Å². The van der Waals surface area contributed by atoms with Gasteiger partial charge in [-0.15, -0.1) is 0 Å². The molecule has 0 saturated heterocycles. The van der Waals surface area contributed by atoms with Crippen molar-refractivity contribution in [2.45, 2.75) is 18.8 Å². The lowest BCUT2D eigenvalue weighted by Crippen LogP contribution is -2.28. The summed E-state index contributed by atoms with van der Waals surface area (Å²) in [5, 5.41) is 2.47. The summed E-state index contributed by atoms with van der Waals surface area (Å²) >= 11 is 0. The molecule has 0 fully saturated rings. The summed E-state index contributed by atoms with van der Waals surface area (Å²) in [7, 11) is 0. The second kappa shape index (κ2) is 20.4. The molecule has 12 aromatic carbocycles. The Bertz CT molecular complexity index is 4550. The second-order valence-corrected chi connectivity index (χ2v) is 22.0. The molecule has 2 nitrogen and oxygen atoms in total. The lowest BCUT2D eigenvalue weighted by Gasteiger charge is -2.34. The first kappa shape index (κ1) is 48.8. The Labute approximate surface area is 480 Å². The van der Waals surface area contributed by atoms with Gasteiger partial charge in [-0.25, -0.2) is 0 Å². The van der Waals surface area contributed by atoms with E-state index in [-0.39, 0.29) is 0 Å². The number of allylic oxidation sites excluding steroid dienone is 4. The SMILES string of the molecule is CC1C=CC(c2ccccc2-c2ccccc2N(c2ccc(-c3ccc4c(c3)C(c3ccccc3)(c3ccccc3)c3ccccc3-4)cc2)c2cccc(-c3cccc4c3c3ccccc3n4-c3ccccc3)c2)=C(c2ccccc2)C1. The van der Waals surface area contributed by atoms with E-state index in [0.717, 1.165) is 45.9 Å². The molecule has 15 rings (SSSR count). The number of aromatic nitrogens is 1. The highest BCUT2D eigenvalue weighted by atomic mass is 15.1. The zero-order valence-corrected chi connectivity index (χ0v) is 45.7. The van der Waals surface area contributed by atoms with E-state index in [4.69, 9.17) is 0 Å². The standard InChI is InChI=1S/C80H58N2/c1-55-44-50-68(73(52-55)57-24-6-2-7-25-57)66-34-14-15-35-67(66)71-37-17-20-41-76(71)81(64-33-22-26-59(53-64)65-39-23-43-78-79(65)72-38-18-21-42-77(72)82(78)62-31-12-5-13-32-62)63-48-45-56(46-49-63)58-47-51-70-69-36-16-19-40-74(69)80(75(70)54-58,60-27-8-3-9-28-60)61-29-10-4-11-30-61/h2-51,53-55H,52H2,1H3. The van der Waals surface area contributed by atoms with Crippen LogP contribution in [0.5, 0.6) is 0 Å². The number of para-hydroxylation sites is 3. The van der Waals surface area contributed by atoms with Crippen LogP contribution in [0.4, 0.5) is 17.1 Å². The lowest BCUT2D eigenvalue weighted by molar-refractivity contribution is 0.751. The molecule has 0 spiro atoms. The van der Waals surface area contributed by atoms with Gasteiger partial charge in [0.25, 0.3) is 0 Å². The Morgan fingerprint density at radius 1 is 0.378 bits per heavy atom. The van der Waals surface area contributed by atoms with Crippen molar-refractivity contribution >= 4 is 50.0 Å². The number of fused-ring (bicyclic) bond motifs is 6. The maximum atomic E-state index is 2.48. The van der Waals surface area contributed by atoms with E-state index in [0.29, 0.717) is 5.92 Å². The number of anilines is 3. The maximum absolute atomic E-state index is 2.48. The van der Waals surface area contributed by atoms with E-state index in [1.165, 1.54) is 94.2 Å². The highest BCUT2D eigenvalue weighted by Gasteiger charge is 2.46. The Hall–Kier alpha value is -10.3. The van der Waals surface area contributed by atoms with Crippen molar-refractivity contribution in [1.29, 1.82) is 0 Å². The Morgan fingerprint density at radius 3 is 1.70 bits per heavy atom. The molecule has 82 heavy (non-hydrogen) atoms. The molecule has 0 N–H and O–H groups in total. The highest BCUT2D eigenvalue weighted by molar-refractivity contribution is 6.16. The minimum Gasteiger partial charge on any atom is -0.310 e. The van der Waals surface area contributed by atoms with E-state index in [1.807, 2.05) is 0 Å². The molecule has 388 valence electrons. The maximum Gasteiger partial charge on any atom is 0.0713 e. The summed E-state index contributed by atoms with van der Waals surface area (Å²) in [4.78, 5) is 2.48. The Balaban J connectivity index is 0.910. The normalized spacial score (nSPS) is 14.2. The lowest BCUT2D eigenvalue weighted by atomic mass is 9.67. The van der Waals surface area contributed by atoms with E-state index in [2.05, 4.69) is 332 Å². The van der Waals surface area contributed by atoms with Crippen molar-refractivity contribution in [3.8, 4) is 50.2 Å². The molecule has 13 aromatic rings. The molecule has 2 aliphatic carbocycles. The van der Waals surface area contributed by atoms with Gasteiger partial charge >= 0.3 is 0 Å². The fourth-order valence-electron chi connectivity index (χ4n) is 13.7. The first-order chi connectivity index (χ1) is 40.6. The molecule has 0 aliphatic heterocycles. The van der Waals surface area contributed by atoms with Gasteiger partial charge < -0.3 is 9.47 Å². The van der Waals surface area contributed by atoms with Crippen molar-refractivity contribution in [1.82, 2.24) is 4.57 Å². The number of hydrogen-bond acceptors (Lipinski definition) is 1. The zero-order chi connectivity index (χ0) is 54.6. The third kappa shape index (κ3) is 8.09. The quantitative estimate of drug-likeness (QED) is 0.125. The van der Waals surface area contributed by atoms with E-state index < -0.39 is 5.41 Å². The van der Waals surface area contributed by atoms with Gasteiger partial charge in [0, 0.05) is 33.4 Å². The van der Waals surface area contributed by atoms with Crippen LogP contribution < -0.4 is 4.90 Å². The second-order valence-electron chi connectivity index (χ2n) is 22.0. The van der Waals surface area contributed by atoms with Crippen molar-refractivity contribution in [2.24, 2.45) is 5.92 Å². The van der Waals surface area contributed by atoms with Crippen molar-refractivity contribution in [2.75, 3.05) is 4.90 Å². The van der Waals surface area contributed by atoms with Crippen LogP contribution in [-0.4, -0.2) is 4.57 Å². The van der Waals surface area contributed by atoms with Gasteiger partial charge in [0.1, 0.15) is 0 Å². The topological polar surface area (TPSA) is 8.17 Å². The third-order valence-corrected chi connectivity index (χ3v) is 17.3. The number of rotatable bonds is 11. The molecule has 0 radical (unpaired) electrons. The van der Waals surface area contributed by atoms with Crippen LogP contribution >= 0.6 is 0 Å². The molecule has 2 aliphatic rings. The molecular weight excluding hydrogens is 989 g/mol. The minimum atomic E-state index is -0.490. The van der Waals surface area contributed by atoms with Gasteiger partial charge in [0.2, 0.25) is 0 Å². The number of benzene rings is 12. The van der Waals surface area contributed by atoms with Crippen LogP contribution in [-0.2, 0) is 5.41 Å². The van der Waals surface area contributed by atoms with Gasteiger partial charge in [-0.05, 0) is 156 Å². The van der Waals surface area contributed by atoms with Crippen LogP contribution in [0.2, 0.25) is 0 Å². The number of hydrogen-bond donors (Lipinski definition) is 0. The predicted molar refractivity (Wildman–Crippen MR) is 345 cm³/mol. The Morgan fingerprint density at radius 2 is 0.939 bits per heavy atom. The zero-order valence-electron chi connectivity index (χ0n) is 45.7. The summed E-state index contributed by atoms with van der Waals surface area (Å²) in [6.45, 7) is 2.32. The highest BCUT2D eigenvalue weighted by Crippen LogP contribution is 2.57. The largest absolute Gasteiger partial charge is 0.310 e. The molecule has 1 unspecified atom stereocenters. The van der Waals surface area contributed by atoms with E-state index in [1.54, 1.807) is 0 Å². The summed E-state index contributed by atoms with van der Waals surface area (Å²) in [5.41, 5.74) is 26.1. The fraction of sp³-hybridized carbons (Fsp3) is 0.0500. The summed E-state index contributed by atoms with van der Waals surface area (Å²) in [5.74, 6) is 0.438. The molecule has 0 bridgehead atoms. The van der Waals surface area contributed by atoms with Crippen molar-refractivity contribution in [3.63, 3.8) is 0 Å². The third-order valence-electron chi connectivity index (χ3n) is 17.3. The first-order valence-electron chi connectivity index (χ1n) is 28.7. The monoisotopic (exact) mass is 1050 g/mol. The van der Waals surface area contributed by atoms with Gasteiger partial charge in [-0.2, -0.15) is 0 Å². The number of nitrogens with zero attached hydrogens (tertiary/aromatic N) is 2. The van der Waals surface area contributed by atoms with E-state index in [9.17, 15) is 0 Å². The minimum absolute atomic E-state index is 0.438. The van der Waals surface area contributed by atoms with Crippen LogP contribution in [0.1, 0.15) is 46.7 Å². The molecule has 0 saturated carbocycles. The fourth-order valence-corrected chi connectivity index (χ4v) is 13.7. The molecule has 0 amide bonds. The summed E-state index contributed by atoms with van der Waals surface area (Å²) in [6.07, 6.45) is 5.73.